The zero-order valence-corrected chi connectivity index (χ0v) is 27.9. The maximum Gasteiger partial charge on any atom is 1.00 e. The van der Waals surface area contributed by atoms with Crippen molar-refractivity contribution >= 4 is 11.5 Å². The first-order valence-electron chi connectivity index (χ1n) is 13.6. The van der Waals surface area contributed by atoms with E-state index < -0.39 is 11.9 Å². The zero-order chi connectivity index (χ0) is 29.9. The number of hydrogen-bond acceptors (Lipinski definition) is 8. The molecule has 0 spiro atoms. The van der Waals surface area contributed by atoms with E-state index in [1.54, 1.807) is 37.5 Å². The fourth-order valence-corrected chi connectivity index (χ4v) is 4.81. The molecule has 0 unspecified atom stereocenters. The number of aromatic nitrogens is 4. The molecular formula is C29H33F3KN7O3. The number of nitrogens with zero attached hydrogens (tertiary/aromatic N) is 6. The van der Waals surface area contributed by atoms with E-state index in [1.165, 1.54) is 18.7 Å². The van der Waals surface area contributed by atoms with Crippen LogP contribution in [0.1, 0.15) is 35.5 Å². The van der Waals surface area contributed by atoms with Crippen molar-refractivity contribution in [2.45, 2.75) is 32.2 Å². The standard InChI is InChI=1S/C29H33F3N7O3.K/c1-34-24(19-8-9-19)23(25(33)40-3)26-35-14-21(15-39-10-12-41-13-11-39)28(37-26)42-17-18-4-6-20(7-5-18)27-36-22(16-38(27)2)29(30,31)32;/h4-7,14,16,19,33H,8-13,15,17H2,1-3H3;/q-1;+1/b24-23+,33-25?;. The number of alkyl halides is 3. The minimum atomic E-state index is -4.51. The molecule has 1 aliphatic heterocycles. The van der Waals surface area contributed by atoms with Gasteiger partial charge in [-0.2, -0.15) is 18.2 Å². The summed E-state index contributed by atoms with van der Waals surface area (Å²) in [6.07, 6.45) is 0.148. The van der Waals surface area contributed by atoms with Gasteiger partial charge in [-0.1, -0.05) is 24.3 Å². The van der Waals surface area contributed by atoms with Gasteiger partial charge in [0, 0.05) is 50.2 Å². The molecule has 14 heteroatoms. The first-order chi connectivity index (χ1) is 20.2. The summed E-state index contributed by atoms with van der Waals surface area (Å²) >= 11 is 0. The van der Waals surface area contributed by atoms with Crippen LogP contribution in [0.25, 0.3) is 22.3 Å². The molecule has 1 aromatic carbocycles. The molecule has 0 radical (unpaired) electrons. The Morgan fingerprint density at radius 3 is 2.42 bits per heavy atom. The number of nitrogens with one attached hydrogen (secondary N) is 1. The van der Waals surface area contributed by atoms with Crippen LogP contribution in [0.4, 0.5) is 13.2 Å². The molecule has 10 nitrogen and oxygen atoms in total. The van der Waals surface area contributed by atoms with Gasteiger partial charge in [0.05, 0.1) is 25.9 Å². The first kappa shape index (κ1) is 33.6. The Bertz CT molecular complexity index is 1450. The largest absolute Gasteiger partial charge is 1.00 e. The zero-order valence-electron chi connectivity index (χ0n) is 24.7. The van der Waals surface area contributed by atoms with Crippen molar-refractivity contribution < 1.29 is 78.8 Å². The Kier molecular flexibility index (Phi) is 11.4. The van der Waals surface area contributed by atoms with Gasteiger partial charge in [-0.3, -0.25) is 10.3 Å². The van der Waals surface area contributed by atoms with Crippen LogP contribution in [0, 0.1) is 11.3 Å². The van der Waals surface area contributed by atoms with Crippen molar-refractivity contribution in [3.05, 3.63) is 70.3 Å². The number of imidazole rings is 1. The number of ether oxygens (including phenoxy) is 3. The van der Waals surface area contributed by atoms with Crippen LogP contribution in [-0.2, 0) is 35.8 Å². The maximum absolute atomic E-state index is 13.1. The summed E-state index contributed by atoms with van der Waals surface area (Å²) in [6, 6.07) is 7.00. The average Bonchev–Trinajstić information content (AvgIpc) is 3.75. The second kappa shape index (κ2) is 14.6. The van der Waals surface area contributed by atoms with E-state index in [0.717, 1.165) is 49.0 Å². The Morgan fingerprint density at radius 2 is 1.84 bits per heavy atom. The molecule has 43 heavy (non-hydrogen) atoms. The van der Waals surface area contributed by atoms with E-state index >= 15 is 0 Å². The fourth-order valence-electron chi connectivity index (χ4n) is 4.81. The van der Waals surface area contributed by atoms with E-state index in [9.17, 15) is 13.2 Å². The van der Waals surface area contributed by atoms with Gasteiger partial charge < -0.3 is 24.1 Å². The van der Waals surface area contributed by atoms with Crippen molar-refractivity contribution in [2.24, 2.45) is 13.0 Å². The molecule has 2 fully saturated rings. The van der Waals surface area contributed by atoms with E-state index in [0.29, 0.717) is 42.6 Å². The third kappa shape index (κ3) is 8.24. The minimum Gasteiger partial charge on any atom is -0.689 e. The number of benzene rings is 1. The van der Waals surface area contributed by atoms with Crippen molar-refractivity contribution in [1.29, 1.82) is 5.41 Å². The third-order valence-electron chi connectivity index (χ3n) is 7.19. The number of morpholine rings is 1. The normalized spacial score (nSPS) is 16.2. The predicted octanol–water partition coefficient (Wildman–Crippen LogP) is 2.06. The van der Waals surface area contributed by atoms with Gasteiger partial charge in [-0.25, -0.2) is 9.97 Å². The topological polar surface area (TPSA) is 112 Å². The van der Waals surface area contributed by atoms with Crippen LogP contribution >= 0.6 is 0 Å². The van der Waals surface area contributed by atoms with Gasteiger partial charge in [0.25, 0.3) is 0 Å². The molecule has 3 aromatic rings. The van der Waals surface area contributed by atoms with Crippen molar-refractivity contribution in [2.75, 3.05) is 40.5 Å². The van der Waals surface area contributed by atoms with Gasteiger partial charge in [-0.15, -0.1) is 12.7 Å². The summed E-state index contributed by atoms with van der Waals surface area (Å²) in [4.78, 5) is 15.4. The summed E-state index contributed by atoms with van der Waals surface area (Å²) in [5.41, 5.74) is 2.39. The van der Waals surface area contributed by atoms with Crippen molar-refractivity contribution in [3.8, 4) is 17.3 Å². The van der Waals surface area contributed by atoms with Crippen LogP contribution < -0.4 is 56.1 Å². The number of rotatable bonds is 10. The molecule has 0 bridgehead atoms. The molecule has 224 valence electrons. The van der Waals surface area contributed by atoms with Gasteiger partial charge >= 0.3 is 57.6 Å². The molecule has 1 aliphatic carbocycles. The monoisotopic (exact) mass is 623 g/mol. The Balaban J connectivity index is 0.00000423. The molecule has 0 atom stereocenters. The minimum absolute atomic E-state index is 0. The molecule has 1 saturated heterocycles. The van der Waals surface area contributed by atoms with E-state index in [4.69, 9.17) is 24.6 Å². The molecule has 5 rings (SSSR count). The molecule has 2 aromatic heterocycles. The summed E-state index contributed by atoms with van der Waals surface area (Å²) in [5.74, 6) is 1.08. The van der Waals surface area contributed by atoms with Gasteiger partial charge in [0.2, 0.25) is 11.8 Å². The van der Waals surface area contributed by atoms with Gasteiger partial charge in [0.15, 0.2) is 11.5 Å². The molecule has 1 N–H and O–H groups in total. The SMILES string of the molecule is C[N-]/C(=C(\C(=N)OC)c1ncc(CN2CCOCC2)c(OCc2ccc(-c3nc(C(F)(F)F)cn3C)cc2)n1)C1CC1.[K+]. The second-order valence-corrected chi connectivity index (χ2v) is 10.2. The Labute approximate surface area is 291 Å². The average molecular weight is 624 g/mol. The van der Waals surface area contributed by atoms with Crippen molar-refractivity contribution in [3.63, 3.8) is 0 Å². The first-order valence-corrected chi connectivity index (χ1v) is 13.6. The molecule has 0 amide bonds. The second-order valence-electron chi connectivity index (χ2n) is 10.2. The number of methoxy groups -OCH3 is 1. The van der Waals surface area contributed by atoms with Crippen molar-refractivity contribution in [1.82, 2.24) is 24.4 Å². The summed E-state index contributed by atoms with van der Waals surface area (Å²) in [6.45, 7) is 3.55. The maximum atomic E-state index is 13.1. The third-order valence-corrected chi connectivity index (χ3v) is 7.19. The predicted molar refractivity (Wildman–Crippen MR) is 150 cm³/mol. The number of hydrogen-bond donors (Lipinski definition) is 1. The molecule has 1 saturated carbocycles. The van der Waals surface area contributed by atoms with E-state index in [2.05, 4.69) is 20.2 Å². The van der Waals surface area contributed by atoms with Crippen LogP contribution in [0.15, 0.2) is 42.4 Å². The molecule has 3 heterocycles. The Hall–Kier alpha value is -2.33. The van der Waals surface area contributed by atoms with Gasteiger partial charge in [-0.05, 0) is 24.3 Å². The molecule has 2 aliphatic rings. The van der Waals surface area contributed by atoms with E-state index in [-0.39, 0.29) is 75.6 Å². The quantitative estimate of drug-likeness (QED) is 0.209. The van der Waals surface area contributed by atoms with E-state index in [1.807, 2.05) is 0 Å². The van der Waals surface area contributed by atoms with Crippen LogP contribution in [-0.4, -0.2) is 70.8 Å². The van der Waals surface area contributed by atoms with Crippen LogP contribution in [0.2, 0.25) is 0 Å². The smallest absolute Gasteiger partial charge is 0.689 e. The number of allylic oxidation sites excluding steroid dienone is 1. The van der Waals surface area contributed by atoms with Crippen LogP contribution in [0.3, 0.4) is 0 Å². The number of aryl methyl sites for hydroxylation is 1. The molecular weight excluding hydrogens is 590 g/mol. The van der Waals surface area contributed by atoms with Gasteiger partial charge in [0.1, 0.15) is 12.4 Å². The summed E-state index contributed by atoms with van der Waals surface area (Å²) in [7, 11) is 4.66. The summed E-state index contributed by atoms with van der Waals surface area (Å²) in [5, 5.41) is 12.9. The number of halogens is 3. The summed E-state index contributed by atoms with van der Waals surface area (Å²) < 4.78 is 57.7. The fraction of sp³-hybridized carbons (Fsp3) is 0.448. The van der Waals surface area contributed by atoms with Crippen LogP contribution in [0.5, 0.6) is 5.88 Å². The Morgan fingerprint density at radius 1 is 1.14 bits per heavy atom.